The van der Waals surface area contributed by atoms with Crippen molar-refractivity contribution in [3.05, 3.63) is 59.7 Å². The van der Waals surface area contributed by atoms with Crippen LogP contribution in [-0.4, -0.2) is 42.0 Å². The minimum atomic E-state index is -0.663. The first kappa shape index (κ1) is 30.4. The Morgan fingerprint density at radius 1 is 0.833 bits per heavy atom. The molecule has 0 aromatic heterocycles. The highest BCUT2D eigenvalue weighted by molar-refractivity contribution is 6.18. The molecular weight excluding hydrogens is 400 g/mol. The van der Waals surface area contributed by atoms with E-state index in [1.54, 1.807) is 0 Å². The van der Waals surface area contributed by atoms with Crippen molar-refractivity contribution in [2.24, 2.45) is 5.92 Å². The summed E-state index contributed by atoms with van der Waals surface area (Å²) in [5.74, 6) is 1.79. The van der Waals surface area contributed by atoms with Crippen LogP contribution in [0.4, 0.5) is 0 Å². The maximum absolute atomic E-state index is 9.48. The molecule has 2 aromatic rings. The Hall–Kier alpha value is -1.75. The zero-order valence-corrected chi connectivity index (χ0v) is 16.9. The minimum Gasteiger partial charge on any atom is -0.493 e. The number of ether oxygens (including phenoxy) is 2. The van der Waals surface area contributed by atoms with Crippen molar-refractivity contribution in [3.63, 3.8) is 0 Å². The Labute approximate surface area is 188 Å². The SMILES string of the molecule is C.C.C.C[C@H](CO)COc1ccc(C(C)(C)c2ccc(OC[C@H](O)CCl)cc2)cc1. The maximum atomic E-state index is 9.48. The van der Waals surface area contributed by atoms with E-state index in [-0.39, 0.29) is 52.7 Å². The largest absolute Gasteiger partial charge is 0.493 e. The van der Waals surface area contributed by atoms with Crippen LogP contribution in [-0.2, 0) is 5.41 Å². The van der Waals surface area contributed by atoms with Crippen LogP contribution >= 0.6 is 11.6 Å². The fourth-order valence-corrected chi connectivity index (χ4v) is 2.72. The molecule has 0 aliphatic rings. The summed E-state index contributed by atoms with van der Waals surface area (Å²) in [4.78, 5) is 0. The van der Waals surface area contributed by atoms with Crippen LogP contribution in [0.3, 0.4) is 0 Å². The van der Waals surface area contributed by atoms with Crippen molar-refractivity contribution in [1.82, 2.24) is 0 Å². The lowest BCUT2D eigenvalue weighted by molar-refractivity contribution is 0.125. The third-order valence-electron chi connectivity index (χ3n) is 4.62. The highest BCUT2D eigenvalue weighted by Gasteiger charge is 2.23. The van der Waals surface area contributed by atoms with E-state index in [2.05, 4.69) is 26.0 Å². The first-order valence-electron chi connectivity index (χ1n) is 9.18. The van der Waals surface area contributed by atoms with E-state index < -0.39 is 6.10 Å². The monoisotopic (exact) mass is 440 g/mol. The molecule has 0 aliphatic carbocycles. The smallest absolute Gasteiger partial charge is 0.119 e. The third kappa shape index (κ3) is 8.55. The van der Waals surface area contributed by atoms with Gasteiger partial charge >= 0.3 is 0 Å². The highest BCUT2D eigenvalue weighted by atomic mass is 35.5. The lowest BCUT2D eigenvalue weighted by Crippen LogP contribution is -2.20. The molecule has 0 unspecified atom stereocenters. The van der Waals surface area contributed by atoms with Crippen molar-refractivity contribution in [2.75, 3.05) is 25.7 Å². The summed E-state index contributed by atoms with van der Waals surface area (Å²) in [6.07, 6.45) is -0.663. The summed E-state index contributed by atoms with van der Waals surface area (Å²) in [6.45, 7) is 7.09. The number of benzene rings is 2. The molecule has 2 N–H and O–H groups in total. The van der Waals surface area contributed by atoms with Gasteiger partial charge < -0.3 is 19.7 Å². The second-order valence-corrected chi connectivity index (χ2v) is 7.70. The fourth-order valence-electron chi connectivity index (χ4n) is 2.63. The van der Waals surface area contributed by atoms with Gasteiger partial charge in [-0.2, -0.15) is 0 Å². The van der Waals surface area contributed by atoms with Crippen LogP contribution in [0.5, 0.6) is 11.5 Å². The van der Waals surface area contributed by atoms with E-state index in [4.69, 9.17) is 26.2 Å². The molecule has 2 rings (SSSR count). The van der Waals surface area contributed by atoms with E-state index >= 15 is 0 Å². The molecule has 0 bridgehead atoms. The van der Waals surface area contributed by atoms with Gasteiger partial charge in [-0.05, 0) is 35.4 Å². The van der Waals surface area contributed by atoms with Gasteiger partial charge in [0.1, 0.15) is 24.2 Å². The van der Waals surface area contributed by atoms with Crippen LogP contribution in [0.25, 0.3) is 0 Å². The first-order chi connectivity index (χ1) is 12.9. The first-order valence-corrected chi connectivity index (χ1v) is 9.71. The van der Waals surface area contributed by atoms with Gasteiger partial charge in [-0.15, -0.1) is 11.6 Å². The van der Waals surface area contributed by atoms with Crippen LogP contribution in [0, 0.1) is 5.92 Å². The normalized spacial score (nSPS) is 12.5. The molecule has 0 saturated heterocycles. The number of hydrogen-bond acceptors (Lipinski definition) is 4. The molecule has 2 atom stereocenters. The number of aliphatic hydroxyl groups is 2. The number of rotatable bonds is 10. The average Bonchev–Trinajstić information content (AvgIpc) is 2.70. The molecule has 2 aromatic carbocycles. The Kier molecular flexibility index (Phi) is 14.5. The molecule has 30 heavy (non-hydrogen) atoms. The molecular formula is C25H41ClO4. The maximum Gasteiger partial charge on any atom is 0.119 e. The van der Waals surface area contributed by atoms with Crippen molar-refractivity contribution in [3.8, 4) is 11.5 Å². The Morgan fingerprint density at radius 2 is 1.23 bits per heavy atom. The van der Waals surface area contributed by atoms with Gasteiger partial charge in [-0.25, -0.2) is 0 Å². The van der Waals surface area contributed by atoms with E-state index in [1.807, 2.05) is 43.3 Å². The van der Waals surface area contributed by atoms with Gasteiger partial charge in [-0.1, -0.05) is 67.3 Å². The average molecular weight is 441 g/mol. The van der Waals surface area contributed by atoms with Gasteiger partial charge in [0.25, 0.3) is 0 Å². The number of aliphatic hydroxyl groups excluding tert-OH is 2. The van der Waals surface area contributed by atoms with Crippen LogP contribution in [0.15, 0.2) is 48.5 Å². The third-order valence-corrected chi connectivity index (χ3v) is 4.97. The van der Waals surface area contributed by atoms with Gasteiger partial charge in [-0.3, -0.25) is 0 Å². The molecule has 0 fully saturated rings. The summed E-state index contributed by atoms with van der Waals surface area (Å²) in [5.41, 5.74) is 2.16. The summed E-state index contributed by atoms with van der Waals surface area (Å²) in [7, 11) is 0. The molecule has 0 aliphatic heterocycles. The molecule has 0 amide bonds. The molecule has 0 radical (unpaired) electrons. The zero-order valence-electron chi connectivity index (χ0n) is 16.2. The van der Waals surface area contributed by atoms with Gasteiger partial charge in [0.2, 0.25) is 0 Å². The number of halogens is 1. The van der Waals surface area contributed by atoms with Crippen LogP contribution in [0.2, 0.25) is 0 Å². The fraction of sp³-hybridized carbons (Fsp3) is 0.520. The molecule has 4 nitrogen and oxygen atoms in total. The molecule has 172 valence electrons. The molecule has 0 heterocycles. The Balaban J connectivity index is 0. The topological polar surface area (TPSA) is 58.9 Å². The molecule has 0 saturated carbocycles. The Bertz CT molecular complexity index is 624. The second-order valence-electron chi connectivity index (χ2n) is 7.39. The molecule has 0 spiro atoms. The van der Waals surface area contributed by atoms with E-state index in [9.17, 15) is 5.11 Å². The van der Waals surface area contributed by atoms with Crippen LogP contribution in [0.1, 0.15) is 54.2 Å². The van der Waals surface area contributed by atoms with Gasteiger partial charge in [0.05, 0.1) is 12.5 Å². The second kappa shape index (κ2) is 14.3. The molecule has 5 heteroatoms. The summed E-state index contributed by atoms with van der Waals surface area (Å²) >= 11 is 5.57. The minimum absolute atomic E-state index is 0. The van der Waals surface area contributed by atoms with E-state index in [0.717, 1.165) is 11.3 Å². The lowest BCUT2D eigenvalue weighted by atomic mass is 9.78. The number of hydrogen-bond donors (Lipinski definition) is 2. The summed E-state index contributed by atoms with van der Waals surface area (Å²) in [5, 5.41) is 18.6. The van der Waals surface area contributed by atoms with Crippen LogP contribution < -0.4 is 9.47 Å². The van der Waals surface area contributed by atoms with Gasteiger partial charge in [0, 0.05) is 17.9 Å². The number of alkyl halides is 1. The predicted octanol–water partition coefficient (Wildman–Crippen LogP) is 5.91. The summed E-state index contributed by atoms with van der Waals surface area (Å²) < 4.78 is 11.2. The van der Waals surface area contributed by atoms with Gasteiger partial charge in [0.15, 0.2) is 0 Å². The lowest BCUT2D eigenvalue weighted by Gasteiger charge is -2.26. The van der Waals surface area contributed by atoms with E-state index in [0.29, 0.717) is 12.4 Å². The quantitative estimate of drug-likeness (QED) is 0.451. The van der Waals surface area contributed by atoms with Crippen molar-refractivity contribution >= 4 is 11.6 Å². The highest BCUT2D eigenvalue weighted by Crippen LogP contribution is 2.33. The standard InChI is InChI=1S/C22H29ClO4.3CH4/c1-16(13-24)14-26-20-8-4-17(5-9-20)22(2,3)18-6-10-21(11-7-18)27-15-19(25)12-23;;;/h4-11,16,19,24-25H,12-15H2,1-3H3;3*1H4/t16-,19-;;;/m1.../s1. The Morgan fingerprint density at radius 3 is 1.60 bits per heavy atom. The van der Waals surface area contributed by atoms with Crippen molar-refractivity contribution < 1.29 is 19.7 Å². The predicted molar refractivity (Wildman–Crippen MR) is 129 cm³/mol. The zero-order chi connectivity index (χ0) is 19.9. The van der Waals surface area contributed by atoms with Crippen molar-refractivity contribution in [2.45, 2.75) is 54.6 Å². The van der Waals surface area contributed by atoms with E-state index in [1.165, 1.54) is 5.56 Å². The van der Waals surface area contributed by atoms with Crippen molar-refractivity contribution in [1.29, 1.82) is 0 Å². The summed E-state index contributed by atoms with van der Waals surface area (Å²) in [6, 6.07) is 16.0.